The Kier molecular flexibility index (Phi) is 4.90. The molecule has 2 aromatic heterocycles. The van der Waals surface area contributed by atoms with Gasteiger partial charge in [0.1, 0.15) is 0 Å². The van der Waals surface area contributed by atoms with E-state index in [-0.39, 0.29) is 5.91 Å². The molecule has 1 amide bonds. The second kappa shape index (κ2) is 6.45. The van der Waals surface area contributed by atoms with Crippen LogP contribution in [-0.4, -0.2) is 15.2 Å². The number of aryl methyl sites for hydroxylation is 1. The van der Waals surface area contributed by atoms with E-state index < -0.39 is 0 Å². The lowest BCUT2D eigenvalue weighted by Crippen LogP contribution is -2.28. The van der Waals surface area contributed by atoms with Gasteiger partial charge in [0.05, 0.1) is 13.1 Å². The number of carbonyl (C=O) groups is 1. The second-order valence-corrected chi connectivity index (χ2v) is 6.76. The predicted molar refractivity (Wildman–Crippen MR) is 83.3 cm³/mol. The zero-order valence-electron chi connectivity index (χ0n) is 10.4. The summed E-state index contributed by atoms with van der Waals surface area (Å²) in [5, 5.41) is 2.01. The van der Waals surface area contributed by atoms with Crippen molar-refractivity contribution >= 4 is 44.7 Å². The number of amides is 1. The summed E-state index contributed by atoms with van der Waals surface area (Å²) in [6.45, 7) is 6.74. The Morgan fingerprint density at radius 3 is 2.79 bits per heavy atom. The fraction of sp³-hybridized carbons (Fsp3) is 0.231. The molecule has 0 atom stereocenters. The Labute approximate surface area is 128 Å². The van der Waals surface area contributed by atoms with Gasteiger partial charge >= 0.3 is 0 Å². The van der Waals surface area contributed by atoms with Crippen LogP contribution >= 0.6 is 38.8 Å². The summed E-state index contributed by atoms with van der Waals surface area (Å²) in [5.41, 5.74) is 1.12. The molecule has 0 N–H and O–H groups in total. The molecule has 2 heterocycles. The molecule has 0 bridgehead atoms. The van der Waals surface area contributed by atoms with E-state index in [9.17, 15) is 4.79 Å². The molecule has 6 heteroatoms. The van der Waals surface area contributed by atoms with Crippen LogP contribution in [0.25, 0.3) is 0 Å². The third-order valence-electron chi connectivity index (χ3n) is 2.70. The number of carbonyl (C=O) groups excluding carboxylic acids is 1. The average Bonchev–Trinajstić information content (AvgIpc) is 2.98. The minimum absolute atomic E-state index is 0.0619. The molecule has 0 radical (unpaired) electrons. The van der Waals surface area contributed by atoms with Crippen molar-refractivity contribution in [2.45, 2.75) is 20.0 Å². The van der Waals surface area contributed by atoms with E-state index in [1.54, 1.807) is 16.2 Å². The molecule has 100 valence electrons. The Bertz CT molecular complexity index is 549. The van der Waals surface area contributed by atoms with E-state index in [0.29, 0.717) is 13.1 Å². The van der Waals surface area contributed by atoms with Gasteiger partial charge in [0.25, 0.3) is 0 Å². The van der Waals surface area contributed by atoms with E-state index in [4.69, 9.17) is 0 Å². The van der Waals surface area contributed by atoms with Crippen molar-refractivity contribution in [1.82, 2.24) is 9.27 Å². The Balaban J connectivity index is 2.17. The fourth-order valence-electron chi connectivity index (χ4n) is 1.59. The summed E-state index contributed by atoms with van der Waals surface area (Å²) in [5.74, 6) is -0.0619. The van der Waals surface area contributed by atoms with Gasteiger partial charge in [0.15, 0.2) is 0 Å². The number of nitrogens with zero attached hydrogens (tertiary/aromatic N) is 2. The maximum Gasteiger partial charge on any atom is 0.246 e. The van der Waals surface area contributed by atoms with Crippen LogP contribution in [0.5, 0.6) is 0 Å². The first-order chi connectivity index (χ1) is 9.11. The third-order valence-corrected chi connectivity index (χ3v) is 5.49. The molecule has 0 aromatic carbocycles. The van der Waals surface area contributed by atoms with Crippen LogP contribution < -0.4 is 0 Å². The second-order valence-electron chi connectivity index (χ2n) is 4.02. The molecule has 0 aliphatic carbocycles. The van der Waals surface area contributed by atoms with Gasteiger partial charge in [-0.2, -0.15) is 0 Å². The maximum absolute atomic E-state index is 12.0. The summed E-state index contributed by atoms with van der Waals surface area (Å²) in [4.78, 5) is 16.0. The van der Waals surface area contributed by atoms with Crippen LogP contribution in [0.15, 0.2) is 34.8 Å². The average molecular weight is 357 g/mol. The minimum Gasteiger partial charge on any atom is -0.329 e. The first-order valence-electron chi connectivity index (χ1n) is 5.65. The predicted octanol–water partition coefficient (Wildman–Crippen LogP) is 3.99. The molecule has 19 heavy (non-hydrogen) atoms. The molecule has 2 rings (SSSR count). The van der Waals surface area contributed by atoms with Crippen molar-refractivity contribution < 1.29 is 4.79 Å². The Hall–Kier alpha value is -0.980. The topological polar surface area (TPSA) is 33.2 Å². The lowest BCUT2D eigenvalue weighted by Gasteiger charge is -2.20. The first kappa shape index (κ1) is 14.4. The fourth-order valence-corrected chi connectivity index (χ4v) is 3.83. The third kappa shape index (κ3) is 3.52. The number of hydrogen-bond acceptors (Lipinski definition) is 4. The highest BCUT2D eigenvalue weighted by Crippen LogP contribution is 2.25. The van der Waals surface area contributed by atoms with E-state index >= 15 is 0 Å². The highest BCUT2D eigenvalue weighted by atomic mass is 79.9. The quantitative estimate of drug-likeness (QED) is 0.758. The number of thiophene rings is 1. The standard InChI is InChI=1S/C13H13BrN2OS2/c1-3-13(17)16(7-11-9(2)6-15-19-11)8-12-10(14)4-5-18-12/h3-6H,1,7-8H2,2H3. The van der Waals surface area contributed by atoms with Crippen LogP contribution in [0.4, 0.5) is 0 Å². The van der Waals surface area contributed by atoms with Crippen LogP contribution in [-0.2, 0) is 17.9 Å². The monoisotopic (exact) mass is 356 g/mol. The van der Waals surface area contributed by atoms with E-state index in [2.05, 4.69) is 26.9 Å². The maximum atomic E-state index is 12.0. The number of hydrogen-bond donors (Lipinski definition) is 0. The van der Waals surface area contributed by atoms with E-state index in [0.717, 1.165) is 19.8 Å². The molecule has 0 saturated heterocycles. The van der Waals surface area contributed by atoms with Gasteiger partial charge in [0, 0.05) is 20.4 Å². The number of halogens is 1. The van der Waals surface area contributed by atoms with Crippen molar-refractivity contribution in [1.29, 1.82) is 0 Å². The van der Waals surface area contributed by atoms with Gasteiger partial charge in [-0.25, -0.2) is 4.37 Å². The summed E-state index contributed by atoms with van der Waals surface area (Å²) in [7, 11) is 0. The van der Waals surface area contributed by atoms with Gasteiger partial charge < -0.3 is 4.90 Å². The zero-order chi connectivity index (χ0) is 13.8. The highest BCUT2D eigenvalue weighted by Gasteiger charge is 2.16. The molecular formula is C13H13BrN2OS2. The first-order valence-corrected chi connectivity index (χ1v) is 8.09. The van der Waals surface area contributed by atoms with Crippen molar-refractivity contribution in [3.63, 3.8) is 0 Å². The summed E-state index contributed by atoms with van der Waals surface area (Å²) < 4.78 is 5.19. The van der Waals surface area contributed by atoms with Gasteiger partial charge in [-0.1, -0.05) is 6.58 Å². The molecular weight excluding hydrogens is 344 g/mol. The van der Waals surface area contributed by atoms with Crippen LogP contribution in [0.1, 0.15) is 15.3 Å². The minimum atomic E-state index is -0.0619. The van der Waals surface area contributed by atoms with Gasteiger partial charge in [0.2, 0.25) is 5.91 Å². The van der Waals surface area contributed by atoms with E-state index in [1.807, 2.05) is 24.6 Å². The highest BCUT2D eigenvalue weighted by molar-refractivity contribution is 9.10. The number of rotatable bonds is 5. The lowest BCUT2D eigenvalue weighted by molar-refractivity contribution is -0.127. The van der Waals surface area contributed by atoms with Crippen LogP contribution in [0, 0.1) is 6.92 Å². The van der Waals surface area contributed by atoms with E-state index in [1.165, 1.54) is 17.6 Å². The molecule has 0 aliphatic rings. The lowest BCUT2D eigenvalue weighted by atomic mass is 10.3. The van der Waals surface area contributed by atoms with Gasteiger partial charge in [-0.05, 0) is 57.5 Å². The SMILES string of the molecule is C=CC(=O)N(Cc1sncc1C)Cc1sccc1Br. The Morgan fingerprint density at radius 2 is 2.26 bits per heavy atom. The summed E-state index contributed by atoms with van der Waals surface area (Å²) in [6.07, 6.45) is 3.19. The van der Waals surface area contributed by atoms with Crippen molar-refractivity contribution in [2.24, 2.45) is 0 Å². The summed E-state index contributed by atoms with van der Waals surface area (Å²) in [6, 6.07) is 1.99. The largest absolute Gasteiger partial charge is 0.329 e. The van der Waals surface area contributed by atoms with Crippen LogP contribution in [0.3, 0.4) is 0 Å². The van der Waals surface area contributed by atoms with Crippen LogP contribution in [0.2, 0.25) is 0 Å². The normalized spacial score (nSPS) is 10.4. The molecule has 0 fully saturated rings. The zero-order valence-corrected chi connectivity index (χ0v) is 13.6. The van der Waals surface area contributed by atoms with Gasteiger partial charge in [-0.3, -0.25) is 4.79 Å². The van der Waals surface area contributed by atoms with Crippen molar-refractivity contribution in [3.8, 4) is 0 Å². The molecule has 0 unspecified atom stereocenters. The molecule has 3 nitrogen and oxygen atoms in total. The molecule has 0 aliphatic heterocycles. The molecule has 0 spiro atoms. The van der Waals surface area contributed by atoms with Crippen molar-refractivity contribution in [2.75, 3.05) is 0 Å². The van der Waals surface area contributed by atoms with Crippen molar-refractivity contribution in [3.05, 3.63) is 50.1 Å². The Morgan fingerprint density at radius 1 is 1.53 bits per heavy atom. The molecule has 0 saturated carbocycles. The smallest absolute Gasteiger partial charge is 0.246 e. The van der Waals surface area contributed by atoms with Gasteiger partial charge in [-0.15, -0.1) is 11.3 Å². The summed E-state index contributed by atoms with van der Waals surface area (Å²) >= 11 is 6.57. The molecule has 2 aromatic rings. The number of aromatic nitrogens is 1.